The molecule has 1 aliphatic heterocycles. The maximum atomic E-state index is 3.67. The Kier molecular flexibility index (Phi) is 6.55. The molecule has 0 aromatic heterocycles. The van der Waals surface area contributed by atoms with Crippen LogP contribution < -0.4 is 5.32 Å². The number of hydrogen-bond acceptors (Lipinski definition) is 2. The lowest BCUT2D eigenvalue weighted by atomic mass is 10.00. The molecule has 2 nitrogen and oxygen atoms in total. The Morgan fingerprint density at radius 2 is 2.00 bits per heavy atom. The van der Waals surface area contributed by atoms with Crippen molar-refractivity contribution in [3.05, 3.63) is 35.4 Å². The molecular weight excluding hydrogens is 244 g/mol. The standard InChI is InChI=1S/C18H30N2/c1-3-4-5-8-16(2)19-12-14-20-13-11-17-9-6-7-10-18(17)15-20/h6-7,9-10,16,19H,3-5,8,11-15H2,1-2H3. The second-order valence-electron chi connectivity index (χ2n) is 6.15. The van der Waals surface area contributed by atoms with Gasteiger partial charge in [0, 0.05) is 32.2 Å². The molecule has 1 unspecified atom stereocenters. The molecule has 1 N–H and O–H groups in total. The molecule has 0 amide bonds. The van der Waals surface area contributed by atoms with Crippen LogP contribution in [0.5, 0.6) is 0 Å². The quantitative estimate of drug-likeness (QED) is 0.729. The van der Waals surface area contributed by atoms with E-state index in [9.17, 15) is 0 Å². The van der Waals surface area contributed by atoms with E-state index in [1.807, 2.05) is 0 Å². The summed E-state index contributed by atoms with van der Waals surface area (Å²) in [6.45, 7) is 9.22. The first kappa shape index (κ1) is 15.5. The summed E-state index contributed by atoms with van der Waals surface area (Å²) >= 11 is 0. The van der Waals surface area contributed by atoms with Crippen LogP contribution in [-0.4, -0.2) is 30.6 Å². The molecule has 0 radical (unpaired) electrons. The Bertz CT molecular complexity index is 389. The van der Waals surface area contributed by atoms with Gasteiger partial charge in [0.1, 0.15) is 0 Å². The van der Waals surface area contributed by atoms with Crippen molar-refractivity contribution in [3.63, 3.8) is 0 Å². The van der Waals surface area contributed by atoms with Crippen LogP contribution in [0.1, 0.15) is 50.7 Å². The molecule has 0 spiro atoms. The van der Waals surface area contributed by atoms with E-state index in [1.165, 1.54) is 50.8 Å². The molecular formula is C18H30N2. The first-order valence-electron chi connectivity index (χ1n) is 8.32. The van der Waals surface area contributed by atoms with Crippen molar-refractivity contribution in [2.45, 2.75) is 58.5 Å². The molecule has 1 atom stereocenters. The van der Waals surface area contributed by atoms with Crippen molar-refractivity contribution >= 4 is 0 Å². The molecule has 20 heavy (non-hydrogen) atoms. The largest absolute Gasteiger partial charge is 0.313 e. The van der Waals surface area contributed by atoms with Crippen molar-refractivity contribution in [2.75, 3.05) is 19.6 Å². The molecule has 0 saturated carbocycles. The Balaban J connectivity index is 1.63. The number of benzene rings is 1. The molecule has 1 aliphatic rings. The van der Waals surface area contributed by atoms with Gasteiger partial charge in [0.2, 0.25) is 0 Å². The normalized spacial score (nSPS) is 16.9. The van der Waals surface area contributed by atoms with Gasteiger partial charge >= 0.3 is 0 Å². The highest BCUT2D eigenvalue weighted by molar-refractivity contribution is 5.28. The lowest BCUT2D eigenvalue weighted by Crippen LogP contribution is -2.38. The van der Waals surface area contributed by atoms with Crippen LogP contribution in [0.25, 0.3) is 0 Å². The second-order valence-corrected chi connectivity index (χ2v) is 6.15. The third kappa shape index (κ3) is 4.92. The summed E-state index contributed by atoms with van der Waals surface area (Å²) in [5.41, 5.74) is 3.07. The van der Waals surface area contributed by atoms with Gasteiger partial charge in [-0.3, -0.25) is 4.90 Å². The zero-order valence-corrected chi connectivity index (χ0v) is 13.2. The van der Waals surface area contributed by atoms with Crippen LogP contribution in [-0.2, 0) is 13.0 Å². The maximum absolute atomic E-state index is 3.67. The van der Waals surface area contributed by atoms with Crippen molar-refractivity contribution in [1.29, 1.82) is 0 Å². The summed E-state index contributed by atoms with van der Waals surface area (Å²) in [6.07, 6.45) is 6.58. The Morgan fingerprint density at radius 1 is 1.20 bits per heavy atom. The highest BCUT2D eigenvalue weighted by Crippen LogP contribution is 2.17. The fraction of sp³-hybridized carbons (Fsp3) is 0.667. The van der Waals surface area contributed by atoms with E-state index in [-0.39, 0.29) is 0 Å². The van der Waals surface area contributed by atoms with Crippen LogP contribution in [0.2, 0.25) is 0 Å². The lowest BCUT2D eigenvalue weighted by molar-refractivity contribution is 0.250. The highest BCUT2D eigenvalue weighted by Gasteiger charge is 2.15. The maximum Gasteiger partial charge on any atom is 0.0237 e. The first-order valence-corrected chi connectivity index (χ1v) is 8.32. The summed E-state index contributed by atoms with van der Waals surface area (Å²) < 4.78 is 0. The fourth-order valence-electron chi connectivity index (χ4n) is 3.02. The summed E-state index contributed by atoms with van der Waals surface area (Å²) in [7, 11) is 0. The predicted octanol–water partition coefficient (Wildman–Crippen LogP) is 3.60. The average molecular weight is 274 g/mol. The van der Waals surface area contributed by atoms with E-state index in [0.717, 1.165) is 13.1 Å². The second kappa shape index (κ2) is 8.43. The molecule has 2 heteroatoms. The summed E-state index contributed by atoms with van der Waals surface area (Å²) in [6, 6.07) is 9.55. The fourth-order valence-corrected chi connectivity index (χ4v) is 3.02. The van der Waals surface area contributed by atoms with Gasteiger partial charge in [0.05, 0.1) is 0 Å². The zero-order valence-electron chi connectivity index (χ0n) is 13.2. The summed E-state index contributed by atoms with van der Waals surface area (Å²) in [5.74, 6) is 0. The van der Waals surface area contributed by atoms with Gasteiger partial charge < -0.3 is 5.32 Å². The topological polar surface area (TPSA) is 15.3 Å². The van der Waals surface area contributed by atoms with E-state index in [1.54, 1.807) is 5.56 Å². The van der Waals surface area contributed by atoms with Crippen molar-refractivity contribution in [3.8, 4) is 0 Å². The molecule has 0 saturated heterocycles. The predicted molar refractivity (Wildman–Crippen MR) is 87.0 cm³/mol. The van der Waals surface area contributed by atoms with E-state index in [4.69, 9.17) is 0 Å². The van der Waals surface area contributed by atoms with E-state index in [2.05, 4.69) is 48.3 Å². The van der Waals surface area contributed by atoms with Gasteiger partial charge in [0.15, 0.2) is 0 Å². The van der Waals surface area contributed by atoms with Gasteiger partial charge in [0.25, 0.3) is 0 Å². The number of nitrogens with one attached hydrogen (secondary N) is 1. The molecule has 0 aliphatic carbocycles. The molecule has 1 heterocycles. The van der Waals surface area contributed by atoms with Crippen LogP contribution in [0.15, 0.2) is 24.3 Å². The van der Waals surface area contributed by atoms with E-state index < -0.39 is 0 Å². The minimum absolute atomic E-state index is 0.665. The number of rotatable bonds is 8. The van der Waals surface area contributed by atoms with Gasteiger partial charge in [-0.1, -0.05) is 50.5 Å². The van der Waals surface area contributed by atoms with Crippen molar-refractivity contribution in [1.82, 2.24) is 10.2 Å². The van der Waals surface area contributed by atoms with E-state index >= 15 is 0 Å². The molecule has 0 bridgehead atoms. The molecule has 2 rings (SSSR count). The minimum Gasteiger partial charge on any atom is -0.313 e. The molecule has 112 valence electrons. The Labute approximate surface area is 124 Å². The highest BCUT2D eigenvalue weighted by atomic mass is 15.1. The van der Waals surface area contributed by atoms with Crippen LogP contribution in [0.3, 0.4) is 0 Å². The average Bonchev–Trinajstić information content (AvgIpc) is 2.47. The number of unbranched alkanes of at least 4 members (excludes halogenated alkanes) is 2. The van der Waals surface area contributed by atoms with Crippen molar-refractivity contribution in [2.24, 2.45) is 0 Å². The molecule has 1 aromatic carbocycles. The van der Waals surface area contributed by atoms with Gasteiger partial charge in [-0.25, -0.2) is 0 Å². The molecule has 0 fully saturated rings. The summed E-state index contributed by atoms with van der Waals surface area (Å²) in [5, 5.41) is 3.67. The third-order valence-electron chi connectivity index (χ3n) is 4.37. The van der Waals surface area contributed by atoms with E-state index in [0.29, 0.717) is 6.04 Å². The van der Waals surface area contributed by atoms with Crippen molar-refractivity contribution < 1.29 is 0 Å². The first-order chi connectivity index (χ1) is 9.79. The van der Waals surface area contributed by atoms with Gasteiger partial charge in [-0.15, -0.1) is 0 Å². The smallest absolute Gasteiger partial charge is 0.0237 e. The zero-order chi connectivity index (χ0) is 14.2. The number of hydrogen-bond donors (Lipinski definition) is 1. The SMILES string of the molecule is CCCCCC(C)NCCN1CCc2ccccc2C1. The van der Waals surface area contributed by atoms with Crippen LogP contribution in [0.4, 0.5) is 0 Å². The molecule has 1 aromatic rings. The van der Waals surface area contributed by atoms with Crippen LogP contribution in [0, 0.1) is 0 Å². The number of fused-ring (bicyclic) bond motifs is 1. The monoisotopic (exact) mass is 274 g/mol. The Hall–Kier alpha value is -0.860. The van der Waals surface area contributed by atoms with Gasteiger partial charge in [-0.2, -0.15) is 0 Å². The Morgan fingerprint density at radius 3 is 2.80 bits per heavy atom. The third-order valence-corrected chi connectivity index (χ3v) is 4.37. The van der Waals surface area contributed by atoms with Gasteiger partial charge in [-0.05, 0) is 30.9 Å². The van der Waals surface area contributed by atoms with Crippen LogP contribution >= 0.6 is 0 Å². The minimum atomic E-state index is 0.665. The number of nitrogens with zero attached hydrogens (tertiary/aromatic N) is 1. The lowest BCUT2D eigenvalue weighted by Gasteiger charge is -2.29. The summed E-state index contributed by atoms with van der Waals surface area (Å²) in [4.78, 5) is 2.58.